The van der Waals surface area contributed by atoms with Crippen LogP contribution in [0.4, 0.5) is 0 Å². The molecule has 1 saturated carbocycles. The van der Waals surface area contributed by atoms with Crippen LogP contribution in [-0.2, 0) is 31.8 Å². The molecule has 0 bridgehead atoms. The average Bonchev–Trinajstić information content (AvgIpc) is 2.51. The average molecular weight is 569 g/mol. The molecule has 1 rings (SSSR count). The molecular formula is C9H22NNa4O15P3. The first-order valence-electron chi connectivity index (χ1n) is 7.46. The number of aliphatic hydroxyl groups excluding tert-OH is 3. The summed E-state index contributed by atoms with van der Waals surface area (Å²) in [6, 6.07) is 0. The van der Waals surface area contributed by atoms with Crippen LogP contribution in [0.15, 0.2) is 0 Å². The van der Waals surface area contributed by atoms with Crippen molar-refractivity contribution >= 4 is 142 Å². The van der Waals surface area contributed by atoms with Crippen LogP contribution in [0, 0.1) is 0 Å². The zero-order valence-corrected chi connectivity index (χ0v) is 28.6. The predicted octanol–water partition coefficient (Wildman–Crippen LogP) is -4.63. The molecule has 0 spiro atoms. The van der Waals surface area contributed by atoms with Gasteiger partial charge in [0.25, 0.3) is 0 Å². The molecule has 0 aliphatic heterocycles. The molecular weight excluding hydrogens is 547 g/mol. The Morgan fingerprint density at radius 2 is 1.03 bits per heavy atom. The first-order valence-corrected chi connectivity index (χ1v) is 12.0. The van der Waals surface area contributed by atoms with Crippen molar-refractivity contribution in [2.75, 3.05) is 13.2 Å². The molecule has 7 atom stereocenters. The molecule has 4 radical (unpaired) electrons. The molecule has 0 aromatic rings. The fraction of sp³-hybridized carbons (Fsp3) is 1.00. The van der Waals surface area contributed by atoms with E-state index in [1.165, 1.54) is 0 Å². The van der Waals surface area contributed by atoms with Gasteiger partial charge in [-0.2, -0.15) is 0 Å². The second kappa shape index (κ2) is 18.5. The van der Waals surface area contributed by atoms with Crippen molar-refractivity contribution < 1.29 is 71.6 Å². The number of phosphoric ester groups is 3. The Hall–Kier alpha value is 4.17. The van der Waals surface area contributed by atoms with Gasteiger partial charge in [-0.3, -0.25) is 18.1 Å². The zero-order chi connectivity index (χ0) is 21.9. The predicted molar refractivity (Wildman–Crippen MR) is 109 cm³/mol. The van der Waals surface area contributed by atoms with E-state index in [1.807, 2.05) is 0 Å². The first kappa shape index (κ1) is 43.2. The fourth-order valence-corrected chi connectivity index (χ4v) is 4.40. The van der Waals surface area contributed by atoms with Gasteiger partial charge in [-0.15, -0.1) is 0 Å². The van der Waals surface area contributed by atoms with Crippen molar-refractivity contribution in [3.63, 3.8) is 0 Å². The van der Waals surface area contributed by atoms with Crippen molar-refractivity contribution in [2.45, 2.75) is 43.0 Å². The van der Waals surface area contributed by atoms with Crippen molar-refractivity contribution in [1.82, 2.24) is 0 Å². The quantitative estimate of drug-likeness (QED) is 0.0680. The molecule has 0 heterocycles. The summed E-state index contributed by atoms with van der Waals surface area (Å²) in [4.78, 5) is 45.2. The fourth-order valence-electron chi connectivity index (χ4n) is 2.30. The number of hydrogen-bond acceptors (Lipinski definition) is 11. The van der Waals surface area contributed by atoms with Gasteiger partial charge < -0.3 is 45.5 Å². The normalized spacial score (nSPS) is 29.9. The zero-order valence-electron chi connectivity index (χ0n) is 17.9. The SMILES string of the molecule is NCCCOP(=O)(O)OC1C(O)C(O)C(OP(=O)(O)O)C(OP(=O)(O)O)C1O.[Na].[Na].[Na].[Na]. The number of hydrogen-bond donors (Lipinski definition) is 9. The molecule has 7 unspecified atom stereocenters. The van der Waals surface area contributed by atoms with E-state index in [1.54, 1.807) is 0 Å². The standard InChI is InChI=1S/C9H22NO15P3.4Na/c10-2-1-3-22-28(20,21)25-7-4(11)5(12)8(23-26(14,15)16)9(6(7)13)24-27(17,18)19;;;;/h4-9,11-13H,1-3,10H2,(H,20,21)(H2,14,15,16)(H2,17,18,19);;;;. The Labute approximate surface area is 271 Å². The van der Waals surface area contributed by atoms with E-state index in [4.69, 9.17) is 25.3 Å². The molecule has 23 heteroatoms. The molecule has 1 aliphatic carbocycles. The third kappa shape index (κ3) is 15.6. The molecule has 1 aliphatic rings. The minimum absolute atomic E-state index is 0. The summed E-state index contributed by atoms with van der Waals surface area (Å²) < 4.78 is 51.4. The van der Waals surface area contributed by atoms with Crippen LogP contribution in [-0.4, -0.2) is 208 Å². The maximum Gasteiger partial charge on any atom is 0.472 e. The van der Waals surface area contributed by atoms with E-state index >= 15 is 0 Å². The Morgan fingerprint density at radius 3 is 1.41 bits per heavy atom. The number of nitrogens with two attached hydrogens (primary N) is 1. The van der Waals surface area contributed by atoms with E-state index in [0.29, 0.717) is 0 Å². The first-order chi connectivity index (χ1) is 12.6. The molecule has 0 aromatic carbocycles. The van der Waals surface area contributed by atoms with E-state index < -0.39 is 60.1 Å². The van der Waals surface area contributed by atoms with E-state index in [9.17, 15) is 33.9 Å². The maximum atomic E-state index is 11.9. The molecule has 1 fully saturated rings. The van der Waals surface area contributed by atoms with Crippen LogP contribution in [0.1, 0.15) is 6.42 Å². The van der Waals surface area contributed by atoms with Crippen molar-refractivity contribution in [2.24, 2.45) is 5.73 Å². The van der Waals surface area contributed by atoms with Crippen molar-refractivity contribution in [1.29, 1.82) is 0 Å². The van der Waals surface area contributed by atoms with Gasteiger partial charge in [-0.05, 0) is 13.0 Å². The van der Waals surface area contributed by atoms with Gasteiger partial charge in [-0.1, -0.05) is 0 Å². The molecule has 0 amide bonds. The Kier molecular flexibility index (Phi) is 24.9. The monoisotopic (exact) mass is 569 g/mol. The molecule has 0 saturated heterocycles. The van der Waals surface area contributed by atoms with Gasteiger partial charge in [-0.25, -0.2) is 13.7 Å². The largest absolute Gasteiger partial charge is 0.472 e. The summed E-state index contributed by atoms with van der Waals surface area (Å²) in [5, 5.41) is 30.2. The second-order valence-corrected chi connectivity index (χ2v) is 9.40. The second-order valence-electron chi connectivity index (χ2n) is 5.61. The summed E-state index contributed by atoms with van der Waals surface area (Å²) in [5.74, 6) is 0. The van der Waals surface area contributed by atoms with E-state index in [0.717, 1.165) is 0 Å². The van der Waals surface area contributed by atoms with Crippen LogP contribution >= 0.6 is 23.5 Å². The molecule has 32 heavy (non-hydrogen) atoms. The summed E-state index contributed by atoms with van der Waals surface area (Å²) >= 11 is 0. The smallest absolute Gasteiger partial charge is 0.387 e. The minimum atomic E-state index is -5.44. The van der Waals surface area contributed by atoms with Crippen LogP contribution in [0.5, 0.6) is 0 Å². The van der Waals surface area contributed by atoms with Crippen LogP contribution < -0.4 is 5.73 Å². The molecule has 0 aromatic heterocycles. The van der Waals surface area contributed by atoms with Gasteiger partial charge in [0.05, 0.1) is 6.61 Å². The van der Waals surface area contributed by atoms with E-state index in [-0.39, 0.29) is 138 Å². The van der Waals surface area contributed by atoms with Crippen LogP contribution in [0.2, 0.25) is 0 Å². The third-order valence-corrected chi connectivity index (χ3v) is 5.45. The van der Waals surface area contributed by atoms with E-state index in [2.05, 4.69) is 18.1 Å². The number of rotatable bonds is 10. The van der Waals surface area contributed by atoms with Crippen molar-refractivity contribution in [3.05, 3.63) is 0 Å². The Balaban J connectivity index is -0.000000980. The summed E-state index contributed by atoms with van der Waals surface area (Å²) in [6.45, 7) is -0.273. The maximum absolute atomic E-state index is 11.9. The molecule has 10 N–H and O–H groups in total. The van der Waals surface area contributed by atoms with Gasteiger partial charge in [0.15, 0.2) is 0 Å². The molecule has 172 valence electrons. The van der Waals surface area contributed by atoms with Gasteiger partial charge in [0.1, 0.15) is 36.6 Å². The van der Waals surface area contributed by atoms with Crippen molar-refractivity contribution in [3.8, 4) is 0 Å². The number of aliphatic hydroxyl groups is 3. The summed E-state index contributed by atoms with van der Waals surface area (Å²) in [7, 11) is -15.8. The van der Waals surface area contributed by atoms with Gasteiger partial charge >= 0.3 is 23.5 Å². The Morgan fingerprint density at radius 1 is 0.656 bits per heavy atom. The minimum Gasteiger partial charge on any atom is -0.387 e. The van der Waals surface area contributed by atoms with Gasteiger partial charge in [0, 0.05) is 118 Å². The topological polar surface area (TPSA) is 276 Å². The van der Waals surface area contributed by atoms with Gasteiger partial charge in [0.2, 0.25) is 0 Å². The summed E-state index contributed by atoms with van der Waals surface area (Å²) in [6.07, 6.45) is -13.9. The Bertz CT molecular complexity index is 666. The summed E-state index contributed by atoms with van der Waals surface area (Å²) in [5.41, 5.74) is 5.17. The molecule has 16 nitrogen and oxygen atoms in total. The van der Waals surface area contributed by atoms with Crippen LogP contribution in [0.3, 0.4) is 0 Å². The van der Waals surface area contributed by atoms with Crippen LogP contribution in [0.25, 0.3) is 0 Å². The third-order valence-electron chi connectivity index (χ3n) is 3.40. The number of phosphoric acid groups is 3.